The fraction of sp³-hybridized carbons (Fsp3) is 0.400. The second kappa shape index (κ2) is 2.65. The smallest absolute Gasteiger partial charge is 0.360 e. The molecule has 0 spiro atoms. The monoisotopic (exact) mass is 277 g/mol. The van der Waals surface area contributed by atoms with Crippen molar-refractivity contribution in [3.05, 3.63) is 15.0 Å². The van der Waals surface area contributed by atoms with Crippen molar-refractivity contribution in [2.75, 3.05) is 0 Å². The first-order chi connectivity index (χ1) is 4.93. The molecule has 1 aromatic rings. The van der Waals surface area contributed by atoms with Crippen LogP contribution >= 0.6 is 22.6 Å². The number of alkyl halides is 3. The summed E-state index contributed by atoms with van der Waals surface area (Å²) in [5.74, 6) is 0.193. The number of aromatic nitrogens is 1. The Morgan fingerprint density at radius 2 is 2.00 bits per heavy atom. The molecule has 6 heteroatoms. The van der Waals surface area contributed by atoms with E-state index in [1.807, 2.05) is 0 Å². The summed E-state index contributed by atoms with van der Waals surface area (Å²) in [6, 6.07) is 0. The van der Waals surface area contributed by atoms with Crippen molar-refractivity contribution in [1.29, 1.82) is 0 Å². The van der Waals surface area contributed by atoms with Gasteiger partial charge < -0.3 is 4.52 Å². The quantitative estimate of drug-likeness (QED) is 0.681. The highest BCUT2D eigenvalue weighted by Gasteiger charge is 2.37. The molecule has 0 N–H and O–H groups in total. The Balaban J connectivity index is 3.15. The first-order valence-corrected chi connectivity index (χ1v) is 3.69. The lowest BCUT2D eigenvalue weighted by Gasteiger charge is -1.99. The molecule has 0 radical (unpaired) electrons. The van der Waals surface area contributed by atoms with Gasteiger partial charge in [-0.05, 0) is 29.5 Å². The van der Waals surface area contributed by atoms with E-state index in [1.165, 1.54) is 6.92 Å². The molecule has 1 aromatic heterocycles. The first-order valence-electron chi connectivity index (χ1n) is 2.62. The lowest BCUT2D eigenvalue weighted by molar-refractivity contribution is -0.143. The molecule has 0 aromatic carbocycles. The number of rotatable bonds is 0. The summed E-state index contributed by atoms with van der Waals surface area (Å²) in [4.78, 5) is 0. The number of hydrogen-bond donors (Lipinski definition) is 0. The zero-order chi connectivity index (χ0) is 8.65. The third kappa shape index (κ3) is 1.66. The van der Waals surface area contributed by atoms with Crippen molar-refractivity contribution in [2.45, 2.75) is 13.1 Å². The summed E-state index contributed by atoms with van der Waals surface area (Å²) in [6.45, 7) is 1.43. The molecule has 62 valence electrons. The molecule has 11 heavy (non-hydrogen) atoms. The van der Waals surface area contributed by atoms with Crippen LogP contribution in [0, 0.1) is 10.5 Å². The van der Waals surface area contributed by atoms with Crippen molar-refractivity contribution in [3.63, 3.8) is 0 Å². The van der Waals surface area contributed by atoms with E-state index in [2.05, 4.69) is 9.68 Å². The van der Waals surface area contributed by atoms with E-state index in [0.717, 1.165) is 0 Å². The lowest BCUT2D eigenvalue weighted by Crippen LogP contribution is -2.07. The third-order valence-electron chi connectivity index (χ3n) is 1.06. The minimum Gasteiger partial charge on any atom is -0.360 e. The van der Waals surface area contributed by atoms with Gasteiger partial charge in [-0.1, -0.05) is 5.16 Å². The normalized spacial score (nSPS) is 12.1. The van der Waals surface area contributed by atoms with Gasteiger partial charge in [0, 0.05) is 0 Å². The predicted octanol–water partition coefficient (Wildman–Crippen LogP) is 2.61. The van der Waals surface area contributed by atoms with Crippen molar-refractivity contribution in [2.24, 2.45) is 0 Å². The summed E-state index contributed by atoms with van der Waals surface area (Å²) in [5, 5.41) is 2.88. The molecule has 0 aliphatic rings. The summed E-state index contributed by atoms with van der Waals surface area (Å²) in [5.41, 5.74) is -0.949. The zero-order valence-corrected chi connectivity index (χ0v) is 7.52. The van der Waals surface area contributed by atoms with E-state index >= 15 is 0 Å². The van der Waals surface area contributed by atoms with Crippen LogP contribution in [0.25, 0.3) is 0 Å². The molecule has 0 atom stereocenters. The van der Waals surface area contributed by atoms with Gasteiger partial charge in [-0.15, -0.1) is 0 Å². The van der Waals surface area contributed by atoms with Crippen molar-refractivity contribution in [3.8, 4) is 0 Å². The Kier molecular flexibility index (Phi) is 2.13. The Morgan fingerprint density at radius 1 is 1.45 bits per heavy atom. The summed E-state index contributed by atoms with van der Waals surface area (Å²) in [7, 11) is 0. The molecule has 0 saturated carbocycles. The van der Waals surface area contributed by atoms with E-state index < -0.39 is 11.9 Å². The van der Waals surface area contributed by atoms with E-state index in [4.69, 9.17) is 0 Å². The summed E-state index contributed by atoms with van der Waals surface area (Å²) >= 11 is 1.55. The van der Waals surface area contributed by atoms with Gasteiger partial charge in [0.2, 0.25) is 5.69 Å². The number of nitrogens with zero attached hydrogens (tertiary/aromatic N) is 1. The van der Waals surface area contributed by atoms with Crippen molar-refractivity contribution >= 4 is 22.6 Å². The van der Waals surface area contributed by atoms with Crippen molar-refractivity contribution < 1.29 is 17.7 Å². The third-order valence-corrected chi connectivity index (χ3v) is 2.33. The number of halogens is 4. The van der Waals surface area contributed by atoms with Crippen LogP contribution in [0.4, 0.5) is 13.2 Å². The largest absolute Gasteiger partial charge is 0.437 e. The fourth-order valence-corrected chi connectivity index (χ4v) is 1.04. The number of hydrogen-bond acceptors (Lipinski definition) is 2. The second-order valence-electron chi connectivity index (χ2n) is 1.90. The Bertz CT molecular complexity index is 267. The van der Waals surface area contributed by atoms with Crippen LogP contribution in [0.2, 0.25) is 0 Å². The molecular weight excluding hydrogens is 274 g/mol. The van der Waals surface area contributed by atoms with E-state index in [-0.39, 0.29) is 9.33 Å². The molecule has 0 amide bonds. The predicted molar refractivity (Wildman–Crippen MR) is 39.0 cm³/mol. The molecule has 1 rings (SSSR count). The standard InChI is InChI=1S/C5H3F3INO/c1-2-3(9)4(10-11-2)5(6,7)8/h1H3. The molecule has 1 heterocycles. The average molecular weight is 277 g/mol. The van der Waals surface area contributed by atoms with Crippen LogP contribution in [0.15, 0.2) is 4.52 Å². The SMILES string of the molecule is Cc1onc(C(F)(F)F)c1I. The summed E-state index contributed by atoms with van der Waals surface area (Å²) in [6.07, 6.45) is -4.41. The molecule has 0 saturated heterocycles. The van der Waals surface area contributed by atoms with E-state index in [0.29, 0.717) is 0 Å². The van der Waals surface area contributed by atoms with Gasteiger partial charge in [-0.3, -0.25) is 0 Å². The maximum Gasteiger partial charge on any atom is 0.437 e. The van der Waals surface area contributed by atoms with Crippen LogP contribution in [0.1, 0.15) is 11.5 Å². The molecule has 2 nitrogen and oxygen atoms in total. The topological polar surface area (TPSA) is 26.0 Å². The number of aryl methyl sites for hydroxylation is 1. The van der Waals surface area contributed by atoms with Crippen LogP contribution in [-0.2, 0) is 6.18 Å². The van der Waals surface area contributed by atoms with Gasteiger partial charge in [0.25, 0.3) is 0 Å². The van der Waals surface area contributed by atoms with Gasteiger partial charge in [0.1, 0.15) is 5.76 Å². The van der Waals surface area contributed by atoms with Crippen LogP contribution in [-0.4, -0.2) is 5.16 Å². The van der Waals surface area contributed by atoms with Gasteiger partial charge in [-0.25, -0.2) is 0 Å². The maximum absolute atomic E-state index is 11.9. The Labute approximate surface area is 73.9 Å². The van der Waals surface area contributed by atoms with E-state index in [1.54, 1.807) is 22.6 Å². The highest BCUT2D eigenvalue weighted by atomic mass is 127. The molecule has 0 aliphatic heterocycles. The van der Waals surface area contributed by atoms with Gasteiger partial charge in [-0.2, -0.15) is 13.2 Å². The fourth-order valence-electron chi connectivity index (χ4n) is 0.537. The molecule has 0 aliphatic carbocycles. The second-order valence-corrected chi connectivity index (χ2v) is 2.98. The van der Waals surface area contributed by atoms with Gasteiger partial charge in [0.05, 0.1) is 3.57 Å². The van der Waals surface area contributed by atoms with Crippen LogP contribution < -0.4 is 0 Å². The lowest BCUT2D eigenvalue weighted by atomic mass is 10.4. The molecule has 0 fully saturated rings. The Hall–Kier alpha value is -0.270. The minimum absolute atomic E-state index is 0.0232. The zero-order valence-electron chi connectivity index (χ0n) is 5.37. The highest BCUT2D eigenvalue weighted by molar-refractivity contribution is 14.1. The van der Waals surface area contributed by atoms with Crippen LogP contribution in [0.3, 0.4) is 0 Å². The van der Waals surface area contributed by atoms with Crippen molar-refractivity contribution in [1.82, 2.24) is 5.16 Å². The molecule has 0 bridgehead atoms. The molecular formula is C5H3F3INO. The van der Waals surface area contributed by atoms with E-state index in [9.17, 15) is 13.2 Å². The minimum atomic E-state index is -4.41. The summed E-state index contributed by atoms with van der Waals surface area (Å²) < 4.78 is 40.2. The maximum atomic E-state index is 11.9. The van der Waals surface area contributed by atoms with Crippen LogP contribution in [0.5, 0.6) is 0 Å². The van der Waals surface area contributed by atoms with Gasteiger partial charge >= 0.3 is 6.18 Å². The highest BCUT2D eigenvalue weighted by Crippen LogP contribution is 2.32. The molecule has 0 unspecified atom stereocenters. The first kappa shape index (κ1) is 8.82. The van der Waals surface area contributed by atoms with Gasteiger partial charge in [0.15, 0.2) is 0 Å². The average Bonchev–Trinajstić information content (AvgIpc) is 2.11. The Morgan fingerprint density at radius 3 is 2.18 bits per heavy atom.